The third-order valence-corrected chi connectivity index (χ3v) is 5.48. The lowest BCUT2D eigenvalue weighted by molar-refractivity contribution is 0.265. The van der Waals surface area contributed by atoms with Crippen molar-refractivity contribution < 1.29 is 8.42 Å². The second-order valence-corrected chi connectivity index (χ2v) is 7.15. The Morgan fingerprint density at radius 3 is 2.47 bits per heavy atom. The fraction of sp³-hybridized carbons (Fsp3) is 0.500. The van der Waals surface area contributed by atoms with E-state index in [-0.39, 0.29) is 4.90 Å². The van der Waals surface area contributed by atoms with Crippen LogP contribution in [0.5, 0.6) is 0 Å². The van der Waals surface area contributed by atoms with Gasteiger partial charge in [-0.05, 0) is 50.7 Å². The van der Waals surface area contributed by atoms with E-state index in [9.17, 15) is 8.42 Å². The molecule has 4 nitrogen and oxygen atoms in total. The van der Waals surface area contributed by atoms with Crippen molar-refractivity contribution >= 4 is 15.7 Å². The molecule has 2 fully saturated rings. The lowest BCUT2D eigenvalue weighted by Crippen LogP contribution is -2.27. The van der Waals surface area contributed by atoms with Crippen molar-refractivity contribution in [2.45, 2.75) is 37.5 Å². The molecule has 0 amide bonds. The molecule has 2 aliphatic rings. The summed E-state index contributed by atoms with van der Waals surface area (Å²) in [6.45, 7) is 1.93. The van der Waals surface area contributed by atoms with Crippen LogP contribution in [0.3, 0.4) is 0 Å². The molecule has 1 N–H and O–H groups in total. The third-order valence-electron chi connectivity index (χ3n) is 4.26. The fourth-order valence-corrected chi connectivity index (χ4v) is 3.74. The van der Waals surface area contributed by atoms with Gasteiger partial charge < -0.3 is 0 Å². The van der Waals surface area contributed by atoms with Crippen molar-refractivity contribution in [3.8, 4) is 0 Å². The van der Waals surface area contributed by atoms with Crippen LogP contribution in [-0.4, -0.2) is 14.1 Å². The minimum Gasteiger partial charge on any atom is -0.200 e. The predicted molar refractivity (Wildman–Crippen MR) is 74.4 cm³/mol. The van der Waals surface area contributed by atoms with Crippen molar-refractivity contribution in [1.29, 1.82) is 0 Å². The highest BCUT2D eigenvalue weighted by atomic mass is 32.2. The van der Waals surface area contributed by atoms with Crippen LogP contribution < -0.4 is 4.83 Å². The van der Waals surface area contributed by atoms with Crippen molar-refractivity contribution in [1.82, 2.24) is 4.83 Å². The summed E-state index contributed by atoms with van der Waals surface area (Å²) in [5.74, 6) is 1.28. The Morgan fingerprint density at radius 2 is 1.89 bits per heavy atom. The van der Waals surface area contributed by atoms with Crippen LogP contribution in [0, 0.1) is 18.8 Å². The van der Waals surface area contributed by atoms with Gasteiger partial charge in [0.1, 0.15) is 0 Å². The SMILES string of the molecule is Cc1ccc(S(=O)(=O)N/N=C2/CC[C@H]3CC[C@H]23)cc1. The minimum atomic E-state index is -3.52. The van der Waals surface area contributed by atoms with E-state index in [1.807, 2.05) is 6.92 Å². The van der Waals surface area contributed by atoms with Gasteiger partial charge >= 0.3 is 0 Å². The monoisotopic (exact) mass is 278 g/mol. The number of fused-ring (bicyclic) bond motifs is 1. The molecule has 1 aromatic rings. The van der Waals surface area contributed by atoms with Gasteiger partial charge in [-0.15, -0.1) is 0 Å². The number of benzene rings is 1. The number of aryl methyl sites for hydroxylation is 1. The highest BCUT2D eigenvalue weighted by Crippen LogP contribution is 2.44. The molecule has 2 atom stereocenters. The van der Waals surface area contributed by atoms with Crippen molar-refractivity contribution in [2.75, 3.05) is 0 Å². The molecule has 0 bridgehead atoms. The average molecular weight is 278 g/mol. The zero-order valence-corrected chi connectivity index (χ0v) is 11.8. The first-order valence-corrected chi connectivity index (χ1v) is 8.19. The average Bonchev–Trinajstić information content (AvgIpc) is 2.62. The van der Waals surface area contributed by atoms with E-state index in [2.05, 4.69) is 9.93 Å². The first kappa shape index (κ1) is 12.7. The molecule has 0 radical (unpaired) electrons. The quantitative estimate of drug-likeness (QED) is 0.863. The van der Waals surface area contributed by atoms with Crippen LogP contribution in [0.2, 0.25) is 0 Å². The molecule has 0 spiro atoms. The highest BCUT2D eigenvalue weighted by Gasteiger charge is 2.39. The lowest BCUT2D eigenvalue weighted by atomic mass is 9.76. The van der Waals surface area contributed by atoms with Crippen LogP contribution in [0.1, 0.15) is 31.2 Å². The second-order valence-electron chi connectivity index (χ2n) is 5.49. The van der Waals surface area contributed by atoms with Gasteiger partial charge in [0.2, 0.25) is 0 Å². The molecule has 2 aliphatic carbocycles. The maximum absolute atomic E-state index is 12.1. The molecule has 0 unspecified atom stereocenters. The zero-order chi connectivity index (χ0) is 13.5. The van der Waals surface area contributed by atoms with Gasteiger partial charge in [-0.1, -0.05) is 17.7 Å². The first-order chi connectivity index (χ1) is 9.06. The number of hydrogen-bond acceptors (Lipinski definition) is 3. The molecular formula is C14H18N2O2S. The van der Waals surface area contributed by atoms with E-state index < -0.39 is 10.0 Å². The molecule has 0 heterocycles. The van der Waals surface area contributed by atoms with Gasteiger partial charge in [0.15, 0.2) is 0 Å². The molecule has 5 heteroatoms. The van der Waals surface area contributed by atoms with E-state index in [1.54, 1.807) is 24.3 Å². The third kappa shape index (κ3) is 2.39. The Morgan fingerprint density at radius 1 is 1.16 bits per heavy atom. The molecule has 0 aliphatic heterocycles. The topological polar surface area (TPSA) is 58.5 Å². The Kier molecular flexibility index (Phi) is 3.09. The predicted octanol–water partition coefficient (Wildman–Crippen LogP) is 2.45. The van der Waals surface area contributed by atoms with E-state index in [0.29, 0.717) is 5.92 Å². The second kappa shape index (κ2) is 4.63. The standard InChI is InChI=1S/C14H18N2O2S/c1-10-2-6-12(7-3-10)19(17,18)16-15-14-9-5-11-4-8-13(11)14/h2-3,6-7,11,13,16H,4-5,8-9H2,1H3/b15-14-/t11-,13+/m1/s1. The number of rotatable bonds is 3. The van der Waals surface area contributed by atoms with Gasteiger partial charge in [-0.25, -0.2) is 4.83 Å². The Labute approximate surface area is 114 Å². The summed E-state index contributed by atoms with van der Waals surface area (Å²) in [5.41, 5.74) is 2.07. The Hall–Kier alpha value is -1.36. The summed E-state index contributed by atoms with van der Waals surface area (Å²) in [4.78, 5) is 2.65. The summed E-state index contributed by atoms with van der Waals surface area (Å²) in [5, 5.41) is 4.16. The summed E-state index contributed by atoms with van der Waals surface area (Å²) in [6, 6.07) is 6.80. The Balaban J connectivity index is 1.75. The smallest absolute Gasteiger partial charge is 0.200 e. The van der Waals surface area contributed by atoms with E-state index in [0.717, 1.165) is 36.5 Å². The summed E-state index contributed by atoms with van der Waals surface area (Å²) in [7, 11) is -3.52. The summed E-state index contributed by atoms with van der Waals surface area (Å²) in [6.07, 6.45) is 4.53. The van der Waals surface area contributed by atoms with Gasteiger partial charge in [0.05, 0.1) is 4.90 Å². The maximum atomic E-state index is 12.1. The lowest BCUT2D eigenvalue weighted by Gasteiger charge is -2.29. The molecule has 0 saturated heterocycles. The molecule has 2 saturated carbocycles. The number of nitrogens with zero attached hydrogens (tertiary/aromatic N) is 1. The molecule has 1 aromatic carbocycles. The van der Waals surface area contributed by atoms with Crippen LogP contribution in [0.15, 0.2) is 34.3 Å². The van der Waals surface area contributed by atoms with Crippen LogP contribution >= 0.6 is 0 Å². The van der Waals surface area contributed by atoms with Gasteiger partial charge in [-0.2, -0.15) is 13.5 Å². The molecule has 102 valence electrons. The number of nitrogens with one attached hydrogen (secondary N) is 1. The largest absolute Gasteiger partial charge is 0.276 e. The van der Waals surface area contributed by atoms with Gasteiger partial charge in [0, 0.05) is 11.6 Å². The van der Waals surface area contributed by atoms with Crippen molar-refractivity contribution in [3.63, 3.8) is 0 Å². The number of hydrogen-bond donors (Lipinski definition) is 1. The first-order valence-electron chi connectivity index (χ1n) is 6.71. The van der Waals surface area contributed by atoms with Crippen molar-refractivity contribution in [3.05, 3.63) is 29.8 Å². The van der Waals surface area contributed by atoms with Gasteiger partial charge in [0.25, 0.3) is 10.0 Å². The summed E-state index contributed by atoms with van der Waals surface area (Å²) < 4.78 is 24.2. The fourth-order valence-electron chi connectivity index (χ4n) is 2.90. The summed E-state index contributed by atoms with van der Waals surface area (Å²) >= 11 is 0. The number of hydrazone groups is 1. The minimum absolute atomic E-state index is 0.269. The normalized spacial score (nSPS) is 27.9. The number of sulfonamides is 1. The maximum Gasteiger partial charge on any atom is 0.276 e. The van der Waals surface area contributed by atoms with Gasteiger partial charge in [-0.3, -0.25) is 0 Å². The Bertz CT molecular complexity index is 605. The van der Waals surface area contributed by atoms with E-state index in [4.69, 9.17) is 0 Å². The molecular weight excluding hydrogens is 260 g/mol. The highest BCUT2D eigenvalue weighted by molar-refractivity contribution is 7.89. The van der Waals surface area contributed by atoms with E-state index >= 15 is 0 Å². The van der Waals surface area contributed by atoms with Crippen molar-refractivity contribution in [2.24, 2.45) is 16.9 Å². The van der Waals surface area contributed by atoms with Crippen LogP contribution in [0.25, 0.3) is 0 Å². The zero-order valence-electron chi connectivity index (χ0n) is 11.0. The molecule has 0 aromatic heterocycles. The molecule has 3 rings (SSSR count). The molecule has 19 heavy (non-hydrogen) atoms. The van der Waals surface area contributed by atoms with E-state index in [1.165, 1.54) is 6.42 Å². The van der Waals surface area contributed by atoms with Crippen LogP contribution in [0.4, 0.5) is 0 Å². The van der Waals surface area contributed by atoms with Crippen LogP contribution in [-0.2, 0) is 10.0 Å².